The lowest BCUT2D eigenvalue weighted by Crippen LogP contribution is -2.38. The molecule has 0 saturated carbocycles. The van der Waals surface area contributed by atoms with Gasteiger partial charge in [-0.05, 0) is 6.92 Å². The lowest BCUT2D eigenvalue weighted by Gasteiger charge is -2.18. The van der Waals surface area contributed by atoms with Gasteiger partial charge in [-0.25, -0.2) is 0 Å². The first-order chi connectivity index (χ1) is 7.00. The van der Waals surface area contributed by atoms with Crippen molar-refractivity contribution in [1.82, 2.24) is 10.2 Å². The highest BCUT2D eigenvalue weighted by Crippen LogP contribution is 2.28. The SMILES string of the molecule is C[C@H](Cl)C(=O)N1C[C@@H]2C(=O)NC(=O)[C@@H]2C1. The number of imide groups is 1. The second-order valence-electron chi connectivity index (χ2n) is 3.93. The number of alkyl halides is 1. The molecule has 2 saturated heterocycles. The van der Waals surface area contributed by atoms with Crippen LogP contribution in [0.1, 0.15) is 6.92 Å². The number of nitrogens with zero attached hydrogens (tertiary/aromatic N) is 1. The molecule has 2 heterocycles. The van der Waals surface area contributed by atoms with Crippen molar-refractivity contribution in [1.29, 1.82) is 0 Å². The summed E-state index contributed by atoms with van der Waals surface area (Å²) >= 11 is 5.66. The maximum atomic E-state index is 11.5. The van der Waals surface area contributed by atoms with Crippen LogP contribution in [0.4, 0.5) is 0 Å². The van der Waals surface area contributed by atoms with E-state index in [0.29, 0.717) is 13.1 Å². The van der Waals surface area contributed by atoms with E-state index in [1.165, 1.54) is 4.90 Å². The largest absolute Gasteiger partial charge is 0.340 e. The van der Waals surface area contributed by atoms with E-state index < -0.39 is 5.38 Å². The number of carbonyl (C=O) groups is 3. The fourth-order valence-corrected chi connectivity index (χ4v) is 2.21. The molecule has 5 nitrogen and oxygen atoms in total. The second-order valence-corrected chi connectivity index (χ2v) is 4.58. The van der Waals surface area contributed by atoms with Crippen molar-refractivity contribution in [2.24, 2.45) is 11.8 Å². The summed E-state index contributed by atoms with van der Waals surface area (Å²) < 4.78 is 0. The normalized spacial score (nSPS) is 31.5. The van der Waals surface area contributed by atoms with Crippen molar-refractivity contribution in [3.05, 3.63) is 0 Å². The Hall–Kier alpha value is -1.10. The number of amides is 3. The van der Waals surface area contributed by atoms with Crippen molar-refractivity contribution in [2.75, 3.05) is 13.1 Å². The molecule has 0 aromatic rings. The Balaban J connectivity index is 2.10. The van der Waals surface area contributed by atoms with E-state index in [4.69, 9.17) is 11.6 Å². The average Bonchev–Trinajstić information content (AvgIpc) is 2.68. The van der Waals surface area contributed by atoms with Gasteiger partial charge in [0.05, 0.1) is 11.8 Å². The Morgan fingerprint density at radius 1 is 1.40 bits per heavy atom. The molecular formula is C9H11ClN2O3. The fourth-order valence-electron chi connectivity index (χ4n) is 2.07. The van der Waals surface area contributed by atoms with Gasteiger partial charge in [0, 0.05) is 13.1 Å². The van der Waals surface area contributed by atoms with Crippen molar-refractivity contribution in [2.45, 2.75) is 12.3 Å². The molecule has 0 aromatic heterocycles. The molecule has 1 N–H and O–H groups in total. The smallest absolute Gasteiger partial charge is 0.240 e. The average molecular weight is 231 g/mol. The van der Waals surface area contributed by atoms with Gasteiger partial charge in [-0.15, -0.1) is 11.6 Å². The highest BCUT2D eigenvalue weighted by atomic mass is 35.5. The molecule has 6 heteroatoms. The molecule has 3 atom stereocenters. The van der Waals surface area contributed by atoms with E-state index >= 15 is 0 Å². The Morgan fingerprint density at radius 2 is 1.87 bits per heavy atom. The maximum absolute atomic E-state index is 11.5. The molecule has 2 fully saturated rings. The molecule has 0 aliphatic carbocycles. The molecule has 0 radical (unpaired) electrons. The van der Waals surface area contributed by atoms with E-state index in [1.807, 2.05) is 0 Å². The molecule has 0 spiro atoms. The minimum Gasteiger partial charge on any atom is -0.340 e. The quantitative estimate of drug-likeness (QED) is 0.481. The lowest BCUT2D eigenvalue weighted by atomic mass is 10.00. The number of hydrogen-bond donors (Lipinski definition) is 1. The van der Waals surface area contributed by atoms with E-state index in [2.05, 4.69) is 5.32 Å². The van der Waals surface area contributed by atoms with Gasteiger partial charge in [0.2, 0.25) is 17.7 Å². The van der Waals surface area contributed by atoms with Gasteiger partial charge >= 0.3 is 0 Å². The van der Waals surface area contributed by atoms with E-state index in [1.54, 1.807) is 6.92 Å². The Morgan fingerprint density at radius 3 is 2.27 bits per heavy atom. The molecule has 15 heavy (non-hydrogen) atoms. The molecule has 2 aliphatic heterocycles. The molecule has 2 aliphatic rings. The summed E-state index contributed by atoms with van der Waals surface area (Å²) in [7, 11) is 0. The van der Waals surface area contributed by atoms with Gasteiger partial charge in [-0.2, -0.15) is 0 Å². The van der Waals surface area contributed by atoms with E-state index in [9.17, 15) is 14.4 Å². The summed E-state index contributed by atoms with van der Waals surface area (Å²) in [6, 6.07) is 0. The van der Waals surface area contributed by atoms with Gasteiger partial charge < -0.3 is 4.90 Å². The number of rotatable bonds is 1. The highest BCUT2D eigenvalue weighted by Gasteiger charge is 2.49. The second kappa shape index (κ2) is 3.48. The number of halogens is 1. The van der Waals surface area contributed by atoms with Crippen molar-refractivity contribution in [3.8, 4) is 0 Å². The Labute approximate surface area is 91.7 Å². The fraction of sp³-hybridized carbons (Fsp3) is 0.667. The van der Waals surface area contributed by atoms with Crippen LogP contribution in [-0.4, -0.2) is 41.1 Å². The van der Waals surface area contributed by atoms with Crippen LogP contribution in [0.2, 0.25) is 0 Å². The van der Waals surface area contributed by atoms with Crippen LogP contribution in [-0.2, 0) is 14.4 Å². The van der Waals surface area contributed by atoms with Crippen LogP contribution < -0.4 is 5.32 Å². The maximum Gasteiger partial charge on any atom is 0.240 e. The summed E-state index contributed by atoms with van der Waals surface area (Å²) in [5, 5.41) is 1.65. The summed E-state index contributed by atoms with van der Waals surface area (Å²) in [6.45, 7) is 2.19. The summed E-state index contributed by atoms with van der Waals surface area (Å²) in [4.78, 5) is 35.6. The van der Waals surface area contributed by atoms with Gasteiger partial charge in [0.25, 0.3) is 0 Å². The number of fused-ring (bicyclic) bond motifs is 1. The highest BCUT2D eigenvalue weighted by molar-refractivity contribution is 6.30. The minimum atomic E-state index is -0.609. The molecule has 0 unspecified atom stereocenters. The van der Waals surface area contributed by atoms with Crippen LogP contribution in [0.3, 0.4) is 0 Å². The van der Waals surface area contributed by atoms with Crippen molar-refractivity contribution >= 4 is 29.3 Å². The van der Waals surface area contributed by atoms with Crippen LogP contribution in [0.5, 0.6) is 0 Å². The number of carbonyl (C=O) groups excluding carboxylic acids is 3. The third kappa shape index (κ3) is 1.61. The van der Waals surface area contributed by atoms with E-state index in [0.717, 1.165) is 0 Å². The zero-order valence-corrected chi connectivity index (χ0v) is 8.95. The topological polar surface area (TPSA) is 66.5 Å². The number of nitrogens with one attached hydrogen (secondary N) is 1. The first-order valence-corrected chi connectivity index (χ1v) is 5.22. The number of likely N-dealkylation sites (tertiary alicyclic amines) is 1. The first-order valence-electron chi connectivity index (χ1n) is 4.78. The Kier molecular flexibility index (Phi) is 2.42. The zero-order chi connectivity index (χ0) is 11.2. The standard InChI is InChI=1S/C9H11ClN2O3/c1-4(10)9(15)12-2-5-6(3-12)8(14)11-7(5)13/h4-6H,2-3H2,1H3,(H,11,13,14)/t4-,5-,6+/m0/s1. The molecule has 0 aromatic carbocycles. The predicted octanol–water partition coefficient (Wildman–Crippen LogP) is -0.655. The summed E-state index contributed by atoms with van der Waals surface area (Å²) in [6.07, 6.45) is 0. The molecule has 2 rings (SSSR count). The van der Waals surface area contributed by atoms with Crippen molar-refractivity contribution in [3.63, 3.8) is 0 Å². The van der Waals surface area contributed by atoms with Crippen LogP contribution in [0.15, 0.2) is 0 Å². The number of hydrogen-bond acceptors (Lipinski definition) is 3. The van der Waals surface area contributed by atoms with Gasteiger partial charge in [-0.3, -0.25) is 19.7 Å². The van der Waals surface area contributed by atoms with Gasteiger partial charge in [0.1, 0.15) is 5.38 Å². The first kappa shape index (κ1) is 10.4. The van der Waals surface area contributed by atoms with Crippen molar-refractivity contribution < 1.29 is 14.4 Å². The molecule has 3 amide bonds. The van der Waals surface area contributed by atoms with Crippen LogP contribution >= 0.6 is 11.6 Å². The molecule has 0 bridgehead atoms. The molecule has 82 valence electrons. The van der Waals surface area contributed by atoms with Crippen LogP contribution in [0, 0.1) is 11.8 Å². The molecular weight excluding hydrogens is 220 g/mol. The third-order valence-corrected chi connectivity index (χ3v) is 3.08. The Bertz CT molecular complexity index is 320. The zero-order valence-electron chi connectivity index (χ0n) is 8.20. The lowest BCUT2D eigenvalue weighted by molar-refractivity contribution is -0.131. The summed E-state index contributed by atoms with van der Waals surface area (Å²) in [5.41, 5.74) is 0. The van der Waals surface area contributed by atoms with E-state index in [-0.39, 0.29) is 29.6 Å². The predicted molar refractivity (Wildman–Crippen MR) is 52.0 cm³/mol. The third-order valence-electron chi connectivity index (χ3n) is 2.89. The monoisotopic (exact) mass is 230 g/mol. The summed E-state index contributed by atoms with van der Waals surface area (Å²) in [5.74, 6) is -1.52. The van der Waals surface area contributed by atoms with Crippen LogP contribution in [0.25, 0.3) is 0 Å². The minimum absolute atomic E-state index is 0.216. The van der Waals surface area contributed by atoms with Gasteiger partial charge in [-0.1, -0.05) is 0 Å². The van der Waals surface area contributed by atoms with Gasteiger partial charge in [0.15, 0.2) is 0 Å².